The van der Waals surface area contributed by atoms with Crippen LogP contribution >= 0.6 is 0 Å². The van der Waals surface area contributed by atoms with Gasteiger partial charge in [-0.1, -0.05) is 11.6 Å². The van der Waals surface area contributed by atoms with Gasteiger partial charge in [0.1, 0.15) is 0 Å². The molecule has 0 fully saturated rings. The summed E-state index contributed by atoms with van der Waals surface area (Å²) in [6.07, 6.45) is 3.17. The van der Waals surface area contributed by atoms with Crippen molar-refractivity contribution in [3.8, 4) is 0 Å². The highest BCUT2D eigenvalue weighted by molar-refractivity contribution is 5.84. The maximum Gasteiger partial charge on any atom is 0.371 e. The Morgan fingerprint density at radius 2 is 2.33 bits per heavy atom. The quantitative estimate of drug-likeness (QED) is 0.755. The fourth-order valence-corrected chi connectivity index (χ4v) is 1.71. The van der Waals surface area contributed by atoms with E-state index in [1.165, 1.54) is 11.6 Å². The molecule has 15 heavy (non-hydrogen) atoms. The monoisotopic (exact) mass is 207 g/mol. The van der Waals surface area contributed by atoms with Gasteiger partial charge >= 0.3 is 5.97 Å². The van der Waals surface area contributed by atoms with Crippen LogP contribution in [0.1, 0.15) is 23.9 Å². The van der Waals surface area contributed by atoms with E-state index in [0.717, 1.165) is 19.5 Å². The van der Waals surface area contributed by atoms with Crippen LogP contribution in [0.25, 0.3) is 0 Å². The molecule has 0 saturated carbocycles. The Morgan fingerprint density at radius 1 is 1.53 bits per heavy atom. The molecule has 0 saturated heterocycles. The minimum Gasteiger partial charge on any atom is -0.475 e. The number of anilines is 1. The summed E-state index contributed by atoms with van der Waals surface area (Å²) < 4.78 is 5.23. The summed E-state index contributed by atoms with van der Waals surface area (Å²) in [6, 6.07) is 3.20. The summed E-state index contributed by atoms with van der Waals surface area (Å²) >= 11 is 0. The standard InChI is InChI=1S/C11H13NO3/c1-8-3-2-6-12(7-8)10-5-4-9(15-10)11(13)14/h3-5H,2,6-7H2,1H3,(H,13,14). The zero-order valence-corrected chi connectivity index (χ0v) is 8.56. The fraction of sp³-hybridized carbons (Fsp3) is 0.364. The zero-order valence-electron chi connectivity index (χ0n) is 8.56. The molecule has 1 N–H and O–H groups in total. The van der Waals surface area contributed by atoms with Crippen LogP contribution in [0.5, 0.6) is 0 Å². The lowest BCUT2D eigenvalue weighted by atomic mass is 10.1. The van der Waals surface area contributed by atoms with E-state index in [-0.39, 0.29) is 5.76 Å². The molecule has 0 aromatic carbocycles. The number of rotatable bonds is 2. The van der Waals surface area contributed by atoms with Crippen LogP contribution in [0, 0.1) is 0 Å². The lowest BCUT2D eigenvalue weighted by Gasteiger charge is -2.25. The number of carboxylic acid groups (broad SMARTS) is 1. The average Bonchev–Trinajstić information content (AvgIpc) is 2.66. The van der Waals surface area contributed by atoms with E-state index in [0.29, 0.717) is 5.88 Å². The molecule has 0 spiro atoms. The van der Waals surface area contributed by atoms with Crippen molar-refractivity contribution in [2.45, 2.75) is 13.3 Å². The van der Waals surface area contributed by atoms with E-state index in [2.05, 4.69) is 13.0 Å². The van der Waals surface area contributed by atoms with Gasteiger partial charge in [0.05, 0.1) is 0 Å². The van der Waals surface area contributed by atoms with Gasteiger partial charge in [0.2, 0.25) is 5.76 Å². The molecular weight excluding hydrogens is 194 g/mol. The molecule has 80 valence electrons. The second-order valence-electron chi connectivity index (χ2n) is 3.70. The van der Waals surface area contributed by atoms with E-state index in [1.807, 2.05) is 4.90 Å². The molecule has 0 atom stereocenters. The largest absolute Gasteiger partial charge is 0.475 e. The van der Waals surface area contributed by atoms with Gasteiger partial charge in [0, 0.05) is 19.2 Å². The minimum atomic E-state index is -1.02. The third-order valence-electron chi connectivity index (χ3n) is 2.45. The fourth-order valence-electron chi connectivity index (χ4n) is 1.71. The highest BCUT2D eigenvalue weighted by Gasteiger charge is 2.16. The third-order valence-corrected chi connectivity index (χ3v) is 2.45. The summed E-state index contributed by atoms with van der Waals surface area (Å²) in [5.41, 5.74) is 1.29. The second-order valence-corrected chi connectivity index (χ2v) is 3.70. The number of hydrogen-bond acceptors (Lipinski definition) is 3. The Labute approximate surface area is 87.8 Å². The lowest BCUT2D eigenvalue weighted by Crippen LogP contribution is -2.28. The SMILES string of the molecule is CC1=CCCN(c2ccc(C(=O)O)o2)C1. The summed E-state index contributed by atoms with van der Waals surface area (Å²) in [5, 5.41) is 8.72. The number of nitrogens with zero attached hydrogens (tertiary/aromatic N) is 1. The summed E-state index contributed by atoms with van der Waals surface area (Å²) in [6.45, 7) is 3.75. The van der Waals surface area contributed by atoms with Crippen molar-refractivity contribution in [3.63, 3.8) is 0 Å². The number of carboxylic acids is 1. The smallest absolute Gasteiger partial charge is 0.371 e. The Morgan fingerprint density at radius 3 is 2.93 bits per heavy atom. The molecule has 4 heteroatoms. The van der Waals surface area contributed by atoms with E-state index in [4.69, 9.17) is 9.52 Å². The van der Waals surface area contributed by atoms with Gasteiger partial charge in [-0.25, -0.2) is 4.79 Å². The number of carbonyl (C=O) groups is 1. The molecule has 0 bridgehead atoms. The molecular formula is C11H13NO3. The third kappa shape index (κ3) is 2.03. The van der Waals surface area contributed by atoms with Crippen molar-refractivity contribution in [1.29, 1.82) is 0 Å². The van der Waals surface area contributed by atoms with E-state index in [1.54, 1.807) is 6.07 Å². The molecule has 1 aromatic rings. The van der Waals surface area contributed by atoms with E-state index >= 15 is 0 Å². The van der Waals surface area contributed by atoms with E-state index < -0.39 is 5.97 Å². The summed E-state index contributed by atoms with van der Waals surface area (Å²) in [4.78, 5) is 12.7. The first-order chi connectivity index (χ1) is 7.16. The molecule has 0 aliphatic carbocycles. The number of furan rings is 1. The molecule has 1 aromatic heterocycles. The minimum absolute atomic E-state index is 0.00259. The molecule has 0 amide bonds. The Kier molecular flexibility index (Phi) is 2.49. The highest BCUT2D eigenvalue weighted by atomic mass is 16.4. The van der Waals surface area contributed by atoms with Gasteiger partial charge in [0.15, 0.2) is 5.88 Å². The van der Waals surface area contributed by atoms with Crippen molar-refractivity contribution in [1.82, 2.24) is 0 Å². The average molecular weight is 207 g/mol. The first-order valence-electron chi connectivity index (χ1n) is 4.90. The Balaban J connectivity index is 2.16. The van der Waals surface area contributed by atoms with Gasteiger partial charge in [-0.2, -0.15) is 0 Å². The van der Waals surface area contributed by atoms with Crippen LogP contribution in [0.4, 0.5) is 5.88 Å². The Hall–Kier alpha value is -1.71. The maximum absolute atomic E-state index is 10.6. The van der Waals surface area contributed by atoms with Gasteiger partial charge in [0.25, 0.3) is 0 Å². The number of aromatic carboxylic acids is 1. The van der Waals surface area contributed by atoms with Crippen LogP contribution in [0.2, 0.25) is 0 Å². The molecule has 2 rings (SSSR count). The van der Waals surface area contributed by atoms with Crippen molar-refractivity contribution in [2.75, 3.05) is 18.0 Å². The van der Waals surface area contributed by atoms with Crippen molar-refractivity contribution < 1.29 is 14.3 Å². The molecule has 0 radical (unpaired) electrons. The van der Waals surface area contributed by atoms with Crippen LogP contribution < -0.4 is 4.90 Å². The molecule has 4 nitrogen and oxygen atoms in total. The van der Waals surface area contributed by atoms with Gasteiger partial charge in [-0.15, -0.1) is 0 Å². The van der Waals surface area contributed by atoms with Gasteiger partial charge < -0.3 is 14.4 Å². The number of hydrogen-bond donors (Lipinski definition) is 1. The predicted octanol–water partition coefficient (Wildman–Crippen LogP) is 2.13. The molecule has 2 heterocycles. The first kappa shape index (κ1) is 9.83. The van der Waals surface area contributed by atoms with Crippen molar-refractivity contribution in [2.24, 2.45) is 0 Å². The van der Waals surface area contributed by atoms with Gasteiger partial charge in [-0.05, 0) is 19.4 Å². The summed E-state index contributed by atoms with van der Waals surface area (Å²) in [7, 11) is 0. The normalized spacial score (nSPS) is 16.3. The van der Waals surface area contributed by atoms with Crippen LogP contribution in [-0.2, 0) is 0 Å². The van der Waals surface area contributed by atoms with Gasteiger partial charge in [-0.3, -0.25) is 0 Å². The topological polar surface area (TPSA) is 53.7 Å². The zero-order chi connectivity index (χ0) is 10.8. The molecule has 1 aliphatic heterocycles. The first-order valence-corrected chi connectivity index (χ1v) is 4.90. The van der Waals surface area contributed by atoms with Crippen molar-refractivity contribution >= 4 is 11.9 Å². The second kappa shape index (κ2) is 3.81. The predicted molar refractivity (Wildman–Crippen MR) is 56.3 cm³/mol. The maximum atomic E-state index is 10.6. The Bertz CT molecular complexity index is 406. The molecule has 0 unspecified atom stereocenters. The highest BCUT2D eigenvalue weighted by Crippen LogP contribution is 2.22. The summed E-state index contributed by atoms with van der Waals surface area (Å²) in [5.74, 6) is -0.387. The van der Waals surface area contributed by atoms with Crippen LogP contribution in [-0.4, -0.2) is 24.2 Å². The van der Waals surface area contributed by atoms with Crippen LogP contribution in [0.3, 0.4) is 0 Å². The molecule has 1 aliphatic rings. The van der Waals surface area contributed by atoms with Crippen molar-refractivity contribution in [3.05, 3.63) is 29.5 Å². The lowest BCUT2D eigenvalue weighted by molar-refractivity contribution is 0.0663. The van der Waals surface area contributed by atoms with E-state index in [9.17, 15) is 4.79 Å². The van der Waals surface area contributed by atoms with Crippen LogP contribution in [0.15, 0.2) is 28.2 Å².